The maximum absolute atomic E-state index is 14.5. The summed E-state index contributed by atoms with van der Waals surface area (Å²) in [6.07, 6.45) is 28.3. The van der Waals surface area contributed by atoms with Gasteiger partial charge in [0.1, 0.15) is 45.8 Å². The van der Waals surface area contributed by atoms with E-state index in [0.29, 0.717) is 81.0 Å². The van der Waals surface area contributed by atoms with Crippen LogP contribution in [0.2, 0.25) is 0 Å². The standard InChI is InChI=1S/C78H98O18/c1-5-9-10-27-34-74(92-66-47-49-67(50-48-66)93-75(82)60-35-41-63(42-36-60)88-55-30-25-26-33-58-91-73(81)8-4)96-78(85)69-59-68(94-76(83)61-37-43-64(44-38-61)86-53-28-21-17-13-11-15-19-23-31-56-89-71(79)6-2)51-52-70(69)95-77(84)62-39-45-65(46-40-62)87-54-29-22-18-14-12-16-20-24-32-57-90-72(80)7-3/h6-8,35-52,59,74H,2-5,9-34,53-58H2,1H3. The zero-order valence-corrected chi connectivity index (χ0v) is 56.1. The number of hydrogen-bond acceptors (Lipinski definition) is 18. The number of unbranched alkanes of at least 4 members (excludes halogenated alkanes) is 22. The number of carbonyl (C=O) groups excluding carboxylic acids is 7. The molecule has 96 heavy (non-hydrogen) atoms. The molecule has 0 amide bonds. The number of esters is 7. The van der Waals surface area contributed by atoms with Gasteiger partial charge in [0.15, 0.2) is 0 Å². The van der Waals surface area contributed by atoms with E-state index in [-0.39, 0.29) is 45.9 Å². The van der Waals surface area contributed by atoms with E-state index in [4.69, 9.17) is 52.1 Å². The first kappa shape index (κ1) is 77.5. The summed E-state index contributed by atoms with van der Waals surface area (Å²) in [6.45, 7) is 15.0. The van der Waals surface area contributed by atoms with Crippen LogP contribution in [0, 0.1) is 0 Å². The predicted molar refractivity (Wildman–Crippen MR) is 367 cm³/mol. The van der Waals surface area contributed by atoms with Gasteiger partial charge in [-0.2, -0.15) is 0 Å². The second-order valence-electron chi connectivity index (χ2n) is 23.1. The van der Waals surface area contributed by atoms with Crippen LogP contribution in [-0.2, 0) is 33.3 Å². The highest BCUT2D eigenvalue weighted by Crippen LogP contribution is 2.30. The van der Waals surface area contributed by atoms with E-state index in [2.05, 4.69) is 26.7 Å². The topological polar surface area (TPSA) is 221 Å². The molecule has 1 unspecified atom stereocenters. The molecule has 0 bridgehead atoms. The summed E-state index contributed by atoms with van der Waals surface area (Å²) in [7, 11) is 0. The molecular weight excluding hydrogens is 1220 g/mol. The lowest BCUT2D eigenvalue weighted by molar-refractivity contribution is -0.138. The lowest BCUT2D eigenvalue weighted by Gasteiger charge is -2.21. The first-order valence-corrected chi connectivity index (χ1v) is 34.2. The zero-order valence-electron chi connectivity index (χ0n) is 56.1. The SMILES string of the molecule is C=CC(=O)OCCCCCCCCCCCOc1ccc(C(=O)Oc2ccc(OC(=O)c3ccc(OCCCCCCCCCCCOC(=O)C=C)cc3)c(C(=O)OC(CCCCCC)Oc3ccc(OC(=O)c4ccc(OCCCCCCOC(=O)C=C)cc4)cc3)c2)cc1. The van der Waals surface area contributed by atoms with Crippen molar-refractivity contribution in [2.24, 2.45) is 0 Å². The number of ether oxygens (including phenoxy) is 11. The molecule has 518 valence electrons. The quantitative estimate of drug-likeness (QED) is 0.00882. The number of rotatable bonds is 52. The third-order valence-corrected chi connectivity index (χ3v) is 15.3. The van der Waals surface area contributed by atoms with E-state index in [9.17, 15) is 33.6 Å². The fourth-order valence-corrected chi connectivity index (χ4v) is 9.88. The Hall–Kier alpha value is -9.19. The summed E-state index contributed by atoms with van der Waals surface area (Å²) in [6, 6.07) is 30.2. The van der Waals surface area contributed by atoms with Crippen LogP contribution in [0.4, 0.5) is 0 Å². The first-order chi connectivity index (χ1) is 46.9. The van der Waals surface area contributed by atoms with Crippen LogP contribution in [0.5, 0.6) is 40.2 Å². The molecule has 5 aromatic rings. The molecule has 18 nitrogen and oxygen atoms in total. The van der Waals surface area contributed by atoms with Gasteiger partial charge in [-0.3, -0.25) is 0 Å². The van der Waals surface area contributed by atoms with Crippen LogP contribution in [0.25, 0.3) is 0 Å². The minimum atomic E-state index is -1.12. The van der Waals surface area contributed by atoms with Crippen LogP contribution < -0.4 is 33.2 Å². The Balaban J connectivity index is 1.18. The van der Waals surface area contributed by atoms with Crippen LogP contribution in [0.15, 0.2) is 153 Å². The van der Waals surface area contributed by atoms with Gasteiger partial charge in [0.25, 0.3) is 0 Å². The van der Waals surface area contributed by atoms with E-state index < -0.39 is 36.1 Å². The number of hydrogen-bond donors (Lipinski definition) is 0. The predicted octanol–water partition coefficient (Wildman–Crippen LogP) is 17.8. The fourth-order valence-electron chi connectivity index (χ4n) is 9.88. The molecule has 0 N–H and O–H groups in total. The van der Waals surface area contributed by atoms with Gasteiger partial charge in [-0.25, -0.2) is 33.6 Å². The Bertz CT molecular complexity index is 3120. The van der Waals surface area contributed by atoms with Crippen LogP contribution in [0.1, 0.15) is 222 Å². The van der Waals surface area contributed by atoms with E-state index in [1.165, 1.54) is 30.4 Å². The van der Waals surface area contributed by atoms with E-state index in [1.807, 2.05) is 0 Å². The Kier molecular flexibility index (Phi) is 38.5. The summed E-state index contributed by atoms with van der Waals surface area (Å²) < 4.78 is 62.6. The van der Waals surface area contributed by atoms with Crippen molar-refractivity contribution in [2.45, 2.75) is 187 Å². The van der Waals surface area contributed by atoms with Crippen molar-refractivity contribution < 1.29 is 85.7 Å². The molecule has 5 aromatic carbocycles. The zero-order chi connectivity index (χ0) is 68.6. The molecule has 5 rings (SSSR count). The van der Waals surface area contributed by atoms with Crippen LogP contribution in [-0.4, -0.2) is 87.7 Å². The highest BCUT2D eigenvalue weighted by molar-refractivity contribution is 5.97. The van der Waals surface area contributed by atoms with Crippen molar-refractivity contribution in [3.63, 3.8) is 0 Å². The number of benzene rings is 5. The molecule has 1 atom stereocenters. The normalized spacial score (nSPS) is 11.1. The lowest BCUT2D eigenvalue weighted by Crippen LogP contribution is -2.25. The van der Waals surface area contributed by atoms with Crippen molar-refractivity contribution in [3.05, 3.63) is 175 Å². The average molecular weight is 1320 g/mol. The van der Waals surface area contributed by atoms with Gasteiger partial charge in [0, 0.05) is 24.6 Å². The van der Waals surface area contributed by atoms with Gasteiger partial charge in [0.05, 0.1) is 56.3 Å². The molecule has 0 aromatic heterocycles. The van der Waals surface area contributed by atoms with Gasteiger partial charge < -0.3 is 52.1 Å². The minimum absolute atomic E-state index is 0.0160. The summed E-state index contributed by atoms with van der Waals surface area (Å²) in [5.74, 6) is -1.95. The van der Waals surface area contributed by atoms with Gasteiger partial charge in [-0.1, -0.05) is 136 Å². The molecule has 0 aliphatic rings. The van der Waals surface area contributed by atoms with E-state index in [0.717, 1.165) is 167 Å². The summed E-state index contributed by atoms with van der Waals surface area (Å²) >= 11 is 0. The number of carbonyl (C=O) groups is 7. The van der Waals surface area contributed by atoms with Crippen LogP contribution >= 0.6 is 0 Å². The summed E-state index contributed by atoms with van der Waals surface area (Å²) in [5.41, 5.74) is 0.539. The first-order valence-electron chi connectivity index (χ1n) is 34.2. The van der Waals surface area contributed by atoms with Crippen molar-refractivity contribution >= 4 is 41.8 Å². The van der Waals surface area contributed by atoms with Gasteiger partial charge in [0.2, 0.25) is 6.29 Å². The van der Waals surface area contributed by atoms with Crippen molar-refractivity contribution in [2.75, 3.05) is 39.6 Å². The molecule has 18 heteroatoms. The van der Waals surface area contributed by atoms with Crippen molar-refractivity contribution in [3.8, 4) is 40.2 Å². The largest absolute Gasteiger partial charge is 0.494 e. The highest BCUT2D eigenvalue weighted by Gasteiger charge is 2.25. The molecule has 0 saturated heterocycles. The fraction of sp³-hybridized carbons (Fsp3) is 0.449. The van der Waals surface area contributed by atoms with Gasteiger partial charge >= 0.3 is 41.8 Å². The maximum Gasteiger partial charge on any atom is 0.345 e. The average Bonchev–Trinajstić information content (AvgIpc) is 0.839. The molecule has 0 heterocycles. The molecule has 0 aliphatic carbocycles. The summed E-state index contributed by atoms with van der Waals surface area (Å²) in [4.78, 5) is 88.6. The Morgan fingerprint density at radius 3 is 1.02 bits per heavy atom. The third-order valence-electron chi connectivity index (χ3n) is 15.3. The van der Waals surface area contributed by atoms with Crippen LogP contribution in [0.3, 0.4) is 0 Å². The Morgan fingerprint density at radius 1 is 0.333 bits per heavy atom. The third kappa shape index (κ3) is 32.8. The van der Waals surface area contributed by atoms with Gasteiger partial charge in [-0.15, -0.1) is 0 Å². The summed E-state index contributed by atoms with van der Waals surface area (Å²) in [5, 5.41) is 0. The monoisotopic (exact) mass is 1320 g/mol. The Labute approximate surface area is 566 Å². The van der Waals surface area contributed by atoms with Gasteiger partial charge in [-0.05, 0) is 173 Å². The maximum atomic E-state index is 14.5. The van der Waals surface area contributed by atoms with Crippen molar-refractivity contribution in [1.29, 1.82) is 0 Å². The molecule has 0 spiro atoms. The molecule has 0 aliphatic heterocycles. The van der Waals surface area contributed by atoms with E-state index in [1.54, 1.807) is 97.1 Å². The second kappa shape index (κ2) is 47.7. The molecule has 0 fully saturated rings. The molecule has 0 radical (unpaired) electrons. The smallest absolute Gasteiger partial charge is 0.345 e. The Morgan fingerprint density at radius 2 is 0.646 bits per heavy atom. The molecule has 0 saturated carbocycles. The molecular formula is C78H98O18. The minimum Gasteiger partial charge on any atom is -0.494 e. The van der Waals surface area contributed by atoms with E-state index >= 15 is 0 Å². The second-order valence-corrected chi connectivity index (χ2v) is 23.1. The lowest BCUT2D eigenvalue weighted by atomic mass is 10.1. The van der Waals surface area contributed by atoms with Crippen molar-refractivity contribution in [1.82, 2.24) is 0 Å². The highest BCUT2D eigenvalue weighted by atomic mass is 16.7.